The van der Waals surface area contributed by atoms with Crippen molar-refractivity contribution < 1.29 is 0 Å². The molecule has 25 heavy (non-hydrogen) atoms. The number of likely N-dealkylation sites (tertiary alicyclic amines) is 1. The zero-order chi connectivity index (χ0) is 17.2. The average molecular weight is 396 g/mol. The van der Waals surface area contributed by atoms with Crippen LogP contribution in [0.1, 0.15) is 17.5 Å². The van der Waals surface area contributed by atoms with Gasteiger partial charge >= 0.3 is 0 Å². The highest BCUT2D eigenvalue weighted by Crippen LogP contribution is 2.28. The Bertz CT molecular complexity index is 876. The molecule has 1 aromatic heterocycles. The Hall–Kier alpha value is -1.91. The normalized spacial score (nSPS) is 17.9. The second kappa shape index (κ2) is 7.14. The molecule has 1 unspecified atom stereocenters. The molecule has 1 N–H and O–H groups in total. The number of aryl methyl sites for hydroxylation is 1. The van der Waals surface area contributed by atoms with E-state index in [4.69, 9.17) is 0 Å². The molecule has 0 aliphatic carbocycles. The Labute approximate surface area is 157 Å². The van der Waals surface area contributed by atoms with E-state index in [9.17, 15) is 0 Å². The largest absolute Gasteiger partial charge is 0.380 e. The van der Waals surface area contributed by atoms with Crippen molar-refractivity contribution in [3.05, 3.63) is 70.3 Å². The van der Waals surface area contributed by atoms with Crippen LogP contribution in [0.4, 0.5) is 5.69 Å². The molecule has 3 aromatic rings. The monoisotopic (exact) mass is 395 g/mol. The molecule has 0 radical (unpaired) electrons. The molecule has 1 aliphatic heterocycles. The minimum atomic E-state index is 0.482. The number of nitrogens with one attached hydrogen (secondary N) is 1. The SMILES string of the molecule is Cc1ccc(CN2CCC(Nc3ccnc4c(Br)cccc34)C2)cc1. The molecular formula is C21H22BrN3. The Morgan fingerprint density at radius 3 is 2.84 bits per heavy atom. The lowest BCUT2D eigenvalue weighted by Crippen LogP contribution is -2.26. The van der Waals surface area contributed by atoms with Gasteiger partial charge in [-0.05, 0) is 47.0 Å². The number of para-hydroxylation sites is 1. The molecule has 2 heterocycles. The van der Waals surface area contributed by atoms with E-state index < -0.39 is 0 Å². The number of hydrogen-bond donors (Lipinski definition) is 1. The van der Waals surface area contributed by atoms with E-state index >= 15 is 0 Å². The van der Waals surface area contributed by atoms with E-state index in [1.165, 1.54) is 28.6 Å². The van der Waals surface area contributed by atoms with Crippen LogP contribution in [0.2, 0.25) is 0 Å². The number of aromatic nitrogens is 1. The first-order valence-corrected chi connectivity index (χ1v) is 9.56. The molecule has 1 fully saturated rings. The second-order valence-electron chi connectivity index (χ2n) is 6.85. The Morgan fingerprint density at radius 2 is 2.00 bits per heavy atom. The standard InChI is InChI=1S/C21H22BrN3/c1-15-5-7-16(8-6-15)13-25-12-10-17(14-25)24-20-9-11-23-21-18(20)3-2-4-19(21)22/h2-9,11,17H,10,12-14H2,1H3,(H,23,24). The zero-order valence-corrected chi connectivity index (χ0v) is 16.0. The first kappa shape index (κ1) is 16.6. The van der Waals surface area contributed by atoms with Crippen LogP contribution in [-0.4, -0.2) is 29.0 Å². The van der Waals surface area contributed by atoms with Crippen LogP contribution in [0.15, 0.2) is 59.2 Å². The number of rotatable bonds is 4. The maximum absolute atomic E-state index is 4.50. The third-order valence-corrected chi connectivity index (χ3v) is 5.52. The molecule has 128 valence electrons. The van der Waals surface area contributed by atoms with Crippen molar-refractivity contribution in [3.8, 4) is 0 Å². The van der Waals surface area contributed by atoms with Crippen molar-refractivity contribution in [1.82, 2.24) is 9.88 Å². The predicted octanol–water partition coefficient (Wildman–Crippen LogP) is 4.99. The van der Waals surface area contributed by atoms with Crippen molar-refractivity contribution in [3.63, 3.8) is 0 Å². The number of hydrogen-bond acceptors (Lipinski definition) is 3. The summed E-state index contributed by atoms with van der Waals surface area (Å²) in [6.07, 6.45) is 3.05. The third kappa shape index (κ3) is 3.70. The van der Waals surface area contributed by atoms with Gasteiger partial charge in [-0.1, -0.05) is 42.0 Å². The van der Waals surface area contributed by atoms with Gasteiger partial charge in [-0.15, -0.1) is 0 Å². The Morgan fingerprint density at radius 1 is 1.16 bits per heavy atom. The molecule has 2 aromatic carbocycles. The number of pyridine rings is 1. The van der Waals surface area contributed by atoms with Crippen molar-refractivity contribution in [2.24, 2.45) is 0 Å². The molecule has 0 amide bonds. The number of nitrogens with zero attached hydrogens (tertiary/aromatic N) is 2. The number of fused-ring (bicyclic) bond motifs is 1. The summed E-state index contributed by atoms with van der Waals surface area (Å²) < 4.78 is 1.04. The van der Waals surface area contributed by atoms with Gasteiger partial charge in [-0.25, -0.2) is 0 Å². The fourth-order valence-electron chi connectivity index (χ4n) is 3.53. The predicted molar refractivity (Wildman–Crippen MR) is 108 cm³/mol. The lowest BCUT2D eigenvalue weighted by Gasteiger charge is -2.18. The third-order valence-electron chi connectivity index (χ3n) is 4.88. The molecule has 0 spiro atoms. The smallest absolute Gasteiger partial charge is 0.0864 e. The molecule has 0 saturated carbocycles. The van der Waals surface area contributed by atoms with Crippen molar-refractivity contribution in [1.29, 1.82) is 0 Å². The van der Waals surface area contributed by atoms with Crippen LogP contribution in [-0.2, 0) is 6.54 Å². The summed E-state index contributed by atoms with van der Waals surface area (Å²) in [5, 5.41) is 4.91. The summed E-state index contributed by atoms with van der Waals surface area (Å²) in [7, 11) is 0. The van der Waals surface area contributed by atoms with Crippen molar-refractivity contribution in [2.75, 3.05) is 18.4 Å². The van der Waals surface area contributed by atoms with Gasteiger partial charge in [0.25, 0.3) is 0 Å². The zero-order valence-electron chi connectivity index (χ0n) is 14.4. The molecule has 1 atom stereocenters. The number of halogens is 1. The van der Waals surface area contributed by atoms with Gasteiger partial charge in [0.15, 0.2) is 0 Å². The maximum Gasteiger partial charge on any atom is 0.0864 e. The topological polar surface area (TPSA) is 28.2 Å². The molecule has 4 rings (SSSR count). The number of anilines is 1. The van der Waals surface area contributed by atoms with Gasteiger partial charge in [0.2, 0.25) is 0 Å². The lowest BCUT2D eigenvalue weighted by atomic mass is 10.1. The number of benzene rings is 2. The highest BCUT2D eigenvalue weighted by Gasteiger charge is 2.22. The minimum Gasteiger partial charge on any atom is -0.380 e. The summed E-state index contributed by atoms with van der Waals surface area (Å²) >= 11 is 3.60. The molecule has 0 bridgehead atoms. The fourth-order valence-corrected chi connectivity index (χ4v) is 4.00. The van der Waals surface area contributed by atoms with E-state index in [2.05, 4.69) is 80.5 Å². The summed E-state index contributed by atoms with van der Waals surface area (Å²) in [5.41, 5.74) is 4.90. The first-order valence-electron chi connectivity index (χ1n) is 8.77. The quantitative estimate of drug-likeness (QED) is 0.673. The minimum absolute atomic E-state index is 0.482. The Balaban J connectivity index is 1.44. The van der Waals surface area contributed by atoms with Crippen LogP contribution in [0.25, 0.3) is 10.9 Å². The van der Waals surface area contributed by atoms with Gasteiger partial charge in [0.1, 0.15) is 0 Å². The van der Waals surface area contributed by atoms with Gasteiger partial charge in [0, 0.05) is 47.4 Å². The van der Waals surface area contributed by atoms with Crippen LogP contribution >= 0.6 is 15.9 Å². The van der Waals surface area contributed by atoms with Gasteiger partial charge in [0.05, 0.1) is 5.52 Å². The van der Waals surface area contributed by atoms with E-state index in [0.29, 0.717) is 6.04 Å². The fraction of sp³-hybridized carbons (Fsp3) is 0.286. The maximum atomic E-state index is 4.50. The van der Waals surface area contributed by atoms with Gasteiger partial charge < -0.3 is 5.32 Å². The molecule has 1 aliphatic rings. The van der Waals surface area contributed by atoms with Crippen molar-refractivity contribution in [2.45, 2.75) is 25.9 Å². The average Bonchev–Trinajstić information content (AvgIpc) is 3.05. The van der Waals surface area contributed by atoms with E-state index in [1.54, 1.807) is 0 Å². The lowest BCUT2D eigenvalue weighted by molar-refractivity contribution is 0.328. The molecule has 4 heteroatoms. The first-order chi connectivity index (χ1) is 12.2. The van der Waals surface area contributed by atoms with E-state index in [-0.39, 0.29) is 0 Å². The van der Waals surface area contributed by atoms with Crippen LogP contribution in [0.3, 0.4) is 0 Å². The highest BCUT2D eigenvalue weighted by molar-refractivity contribution is 9.10. The van der Waals surface area contributed by atoms with Crippen LogP contribution in [0.5, 0.6) is 0 Å². The summed E-state index contributed by atoms with van der Waals surface area (Å²) in [4.78, 5) is 7.03. The van der Waals surface area contributed by atoms with Crippen LogP contribution in [0, 0.1) is 6.92 Å². The second-order valence-corrected chi connectivity index (χ2v) is 7.70. The van der Waals surface area contributed by atoms with Gasteiger partial charge in [-0.3, -0.25) is 9.88 Å². The summed E-state index contributed by atoms with van der Waals surface area (Å²) in [5.74, 6) is 0. The van der Waals surface area contributed by atoms with E-state index in [0.717, 1.165) is 29.6 Å². The summed E-state index contributed by atoms with van der Waals surface area (Å²) in [6.45, 7) is 5.38. The Kier molecular flexibility index (Phi) is 4.73. The highest BCUT2D eigenvalue weighted by atomic mass is 79.9. The van der Waals surface area contributed by atoms with Crippen LogP contribution < -0.4 is 5.32 Å². The van der Waals surface area contributed by atoms with Crippen molar-refractivity contribution >= 4 is 32.5 Å². The molecular weight excluding hydrogens is 374 g/mol. The van der Waals surface area contributed by atoms with Gasteiger partial charge in [-0.2, -0.15) is 0 Å². The van der Waals surface area contributed by atoms with E-state index in [1.807, 2.05) is 12.3 Å². The molecule has 1 saturated heterocycles. The molecule has 3 nitrogen and oxygen atoms in total. The summed E-state index contributed by atoms with van der Waals surface area (Å²) in [6, 6.07) is 17.7.